The summed E-state index contributed by atoms with van der Waals surface area (Å²) in [7, 11) is -3.60. The number of rotatable bonds is 5. The third-order valence-corrected chi connectivity index (χ3v) is 9.79. The van der Waals surface area contributed by atoms with Crippen LogP contribution >= 0.6 is 11.3 Å². The average Bonchev–Trinajstić information content (AvgIpc) is 3.46. The van der Waals surface area contributed by atoms with Crippen LogP contribution in [0.3, 0.4) is 0 Å². The summed E-state index contributed by atoms with van der Waals surface area (Å²) in [6, 6.07) is 8.14. The summed E-state index contributed by atoms with van der Waals surface area (Å²) in [6.45, 7) is 9.08. The largest absolute Gasteiger partial charge is 0.353 e. The number of likely N-dealkylation sites (tertiary alicyclic amines) is 1. The normalized spacial score (nSPS) is 18.0. The second-order valence-electron chi connectivity index (χ2n) is 8.94. The van der Waals surface area contributed by atoms with Crippen molar-refractivity contribution in [1.82, 2.24) is 19.2 Å². The molecule has 0 unspecified atom stereocenters. The molecule has 8 nitrogen and oxygen atoms in total. The Kier molecular flexibility index (Phi) is 6.29. The van der Waals surface area contributed by atoms with E-state index in [9.17, 15) is 8.42 Å². The quantitative estimate of drug-likeness (QED) is 0.535. The maximum atomic E-state index is 13.1. The molecule has 2 aliphatic heterocycles. The van der Waals surface area contributed by atoms with Gasteiger partial charge in [0.1, 0.15) is 16.5 Å². The van der Waals surface area contributed by atoms with Crippen LogP contribution in [0.2, 0.25) is 0 Å². The molecule has 0 N–H and O–H groups in total. The minimum Gasteiger partial charge on any atom is -0.353 e. The average molecular weight is 497 g/mol. The number of thiophene rings is 1. The van der Waals surface area contributed by atoms with Crippen LogP contribution in [0.4, 0.5) is 5.82 Å². The van der Waals surface area contributed by atoms with Crippen LogP contribution in [-0.2, 0) is 16.6 Å². The van der Waals surface area contributed by atoms with E-state index in [0.29, 0.717) is 31.7 Å². The maximum absolute atomic E-state index is 13.1. The SMILES string of the molecule is Cc1sc2nc(CN3CCCC3)nc(N3CCN(S(=O)(=O)c4ccc(C#N)cc4)CC3)c2c1C. The first-order valence-electron chi connectivity index (χ1n) is 11.6. The fourth-order valence-corrected chi connectivity index (χ4v) is 7.17. The van der Waals surface area contributed by atoms with E-state index < -0.39 is 10.0 Å². The van der Waals surface area contributed by atoms with Gasteiger partial charge >= 0.3 is 0 Å². The molecule has 2 saturated heterocycles. The molecule has 0 bridgehead atoms. The van der Waals surface area contributed by atoms with E-state index in [4.69, 9.17) is 15.2 Å². The summed E-state index contributed by atoms with van der Waals surface area (Å²) in [5.41, 5.74) is 1.65. The highest BCUT2D eigenvalue weighted by atomic mass is 32.2. The van der Waals surface area contributed by atoms with Gasteiger partial charge in [-0.15, -0.1) is 11.3 Å². The number of nitrogens with zero attached hydrogens (tertiary/aromatic N) is 6. The Balaban J connectivity index is 1.40. The summed E-state index contributed by atoms with van der Waals surface area (Å²) in [5.74, 6) is 1.77. The minimum atomic E-state index is -3.60. The number of fused-ring (bicyclic) bond motifs is 1. The van der Waals surface area contributed by atoms with Gasteiger partial charge in [0.15, 0.2) is 0 Å². The third kappa shape index (κ3) is 4.29. The van der Waals surface area contributed by atoms with E-state index in [0.717, 1.165) is 41.5 Å². The molecule has 10 heteroatoms. The Labute approximate surface area is 204 Å². The molecule has 4 heterocycles. The molecule has 1 aromatic carbocycles. The van der Waals surface area contributed by atoms with E-state index in [1.807, 2.05) is 6.07 Å². The number of hydrogen-bond donors (Lipinski definition) is 0. The summed E-state index contributed by atoms with van der Waals surface area (Å²) in [6.07, 6.45) is 2.45. The lowest BCUT2D eigenvalue weighted by molar-refractivity contribution is 0.322. The zero-order chi connectivity index (χ0) is 23.9. The number of aryl methyl sites for hydroxylation is 2. The molecular weight excluding hydrogens is 468 g/mol. The number of benzene rings is 1. The van der Waals surface area contributed by atoms with Crippen molar-refractivity contribution >= 4 is 37.4 Å². The molecule has 2 aliphatic rings. The highest BCUT2D eigenvalue weighted by molar-refractivity contribution is 7.89. The Morgan fingerprint density at radius 2 is 1.68 bits per heavy atom. The Hall–Kier alpha value is -2.58. The van der Waals surface area contributed by atoms with Crippen molar-refractivity contribution in [2.75, 3.05) is 44.2 Å². The van der Waals surface area contributed by atoms with Crippen LogP contribution in [0.15, 0.2) is 29.2 Å². The van der Waals surface area contributed by atoms with Crippen LogP contribution in [0.25, 0.3) is 10.2 Å². The van der Waals surface area contributed by atoms with Gasteiger partial charge in [-0.05, 0) is 69.6 Å². The highest BCUT2D eigenvalue weighted by Gasteiger charge is 2.30. The van der Waals surface area contributed by atoms with Gasteiger partial charge < -0.3 is 4.90 Å². The summed E-state index contributed by atoms with van der Waals surface area (Å²) in [5, 5.41) is 10.1. The van der Waals surface area contributed by atoms with Crippen molar-refractivity contribution in [1.29, 1.82) is 5.26 Å². The van der Waals surface area contributed by atoms with Crippen LogP contribution in [0.1, 0.15) is 34.7 Å². The van der Waals surface area contributed by atoms with Crippen molar-refractivity contribution in [3.63, 3.8) is 0 Å². The molecule has 0 radical (unpaired) electrons. The fraction of sp³-hybridized carbons (Fsp3) is 0.458. The van der Waals surface area contributed by atoms with E-state index in [2.05, 4.69) is 23.6 Å². The molecule has 5 rings (SSSR count). The number of nitriles is 1. The second-order valence-corrected chi connectivity index (χ2v) is 12.1. The summed E-state index contributed by atoms with van der Waals surface area (Å²) >= 11 is 1.71. The molecule has 0 aliphatic carbocycles. The molecule has 0 saturated carbocycles. The Morgan fingerprint density at radius 1 is 1.00 bits per heavy atom. The van der Waals surface area contributed by atoms with Crippen molar-refractivity contribution < 1.29 is 8.42 Å². The number of sulfonamides is 1. The molecule has 3 aromatic rings. The van der Waals surface area contributed by atoms with E-state index in [1.165, 1.54) is 39.7 Å². The van der Waals surface area contributed by atoms with Gasteiger partial charge in [0, 0.05) is 31.1 Å². The first-order chi connectivity index (χ1) is 16.4. The summed E-state index contributed by atoms with van der Waals surface area (Å²) in [4.78, 5) is 17.0. The maximum Gasteiger partial charge on any atom is 0.243 e. The minimum absolute atomic E-state index is 0.224. The zero-order valence-corrected chi connectivity index (χ0v) is 21.1. The molecule has 2 aromatic heterocycles. The third-order valence-electron chi connectivity index (χ3n) is 6.78. The monoisotopic (exact) mass is 496 g/mol. The number of aromatic nitrogens is 2. The van der Waals surface area contributed by atoms with Crippen molar-refractivity contribution in [2.45, 2.75) is 38.1 Å². The van der Waals surface area contributed by atoms with E-state index >= 15 is 0 Å². The van der Waals surface area contributed by atoms with Gasteiger partial charge in [0.05, 0.1) is 28.5 Å². The van der Waals surface area contributed by atoms with Gasteiger partial charge in [-0.25, -0.2) is 18.4 Å². The molecular formula is C24H28N6O2S2. The van der Waals surface area contributed by atoms with E-state index in [-0.39, 0.29) is 4.90 Å². The van der Waals surface area contributed by atoms with Crippen LogP contribution in [0.5, 0.6) is 0 Å². The molecule has 178 valence electrons. The van der Waals surface area contributed by atoms with Crippen LogP contribution in [-0.4, -0.2) is 66.9 Å². The first-order valence-corrected chi connectivity index (χ1v) is 13.9. The molecule has 0 spiro atoms. The van der Waals surface area contributed by atoms with Gasteiger partial charge in [0.2, 0.25) is 10.0 Å². The zero-order valence-electron chi connectivity index (χ0n) is 19.5. The van der Waals surface area contributed by atoms with Gasteiger partial charge in [-0.2, -0.15) is 9.57 Å². The predicted octanol–water partition coefficient (Wildman–Crippen LogP) is 3.29. The lowest BCUT2D eigenvalue weighted by Gasteiger charge is -2.35. The first kappa shape index (κ1) is 23.2. The van der Waals surface area contributed by atoms with Gasteiger partial charge in [-0.3, -0.25) is 4.90 Å². The molecule has 34 heavy (non-hydrogen) atoms. The lowest BCUT2D eigenvalue weighted by Crippen LogP contribution is -2.49. The molecule has 2 fully saturated rings. The lowest BCUT2D eigenvalue weighted by atomic mass is 10.2. The smallest absolute Gasteiger partial charge is 0.243 e. The molecule has 0 amide bonds. The van der Waals surface area contributed by atoms with Crippen molar-refractivity contribution in [3.05, 3.63) is 46.1 Å². The van der Waals surface area contributed by atoms with Crippen LogP contribution < -0.4 is 4.90 Å². The number of hydrogen-bond acceptors (Lipinski definition) is 8. The Morgan fingerprint density at radius 3 is 2.32 bits per heavy atom. The van der Waals surface area contributed by atoms with E-state index in [1.54, 1.807) is 23.5 Å². The fourth-order valence-electron chi connectivity index (χ4n) is 4.70. The number of piperazine rings is 1. The van der Waals surface area contributed by atoms with Gasteiger partial charge in [0.25, 0.3) is 0 Å². The second kappa shape index (κ2) is 9.23. The summed E-state index contributed by atoms with van der Waals surface area (Å²) < 4.78 is 27.8. The topological polar surface area (TPSA) is 93.4 Å². The highest BCUT2D eigenvalue weighted by Crippen LogP contribution is 2.36. The standard InChI is InChI=1S/C24H28N6O2S2/c1-17-18(2)33-24-22(17)23(26-21(27-24)16-28-9-3-4-10-28)29-11-13-30(14-12-29)34(31,32)20-7-5-19(15-25)6-8-20/h5-8H,3-4,9-14,16H2,1-2H3. The number of anilines is 1. The van der Waals surface area contributed by atoms with Crippen LogP contribution in [0, 0.1) is 25.2 Å². The predicted molar refractivity (Wildman–Crippen MR) is 134 cm³/mol. The van der Waals surface area contributed by atoms with Crippen molar-refractivity contribution in [3.8, 4) is 6.07 Å². The Bertz CT molecular complexity index is 1350. The van der Waals surface area contributed by atoms with Crippen molar-refractivity contribution in [2.24, 2.45) is 0 Å². The molecule has 0 atom stereocenters. The van der Waals surface area contributed by atoms with Gasteiger partial charge in [-0.1, -0.05) is 0 Å².